The molecule has 3 N–H and O–H groups in total. The van der Waals surface area contributed by atoms with Crippen molar-refractivity contribution in [3.05, 3.63) is 45.7 Å². The molecule has 0 radical (unpaired) electrons. The van der Waals surface area contributed by atoms with Crippen molar-refractivity contribution >= 4 is 29.3 Å². The van der Waals surface area contributed by atoms with Crippen LogP contribution in [-0.2, 0) is 16.0 Å². The number of amides is 2. The van der Waals surface area contributed by atoms with E-state index < -0.39 is 5.92 Å². The number of carbonyl (C=O) groups is 2. The minimum atomic E-state index is -0.885. The number of aromatic amines is 1. The molecule has 3 heterocycles. The van der Waals surface area contributed by atoms with Gasteiger partial charge in [-0.15, -0.1) is 0 Å². The fraction of sp³-hybridized carbons (Fsp3) is 0.455. The highest BCUT2D eigenvalue weighted by molar-refractivity contribution is 6.04. The zero-order chi connectivity index (χ0) is 21.3. The predicted molar refractivity (Wildman–Crippen MR) is 116 cm³/mol. The van der Waals surface area contributed by atoms with Gasteiger partial charge in [0.05, 0.1) is 11.5 Å². The number of hydrogen-bond acceptors (Lipinski definition) is 5. The summed E-state index contributed by atoms with van der Waals surface area (Å²) in [6.07, 6.45) is 4.01. The second-order valence-electron chi connectivity index (χ2n) is 8.03. The molecule has 0 spiro atoms. The van der Waals surface area contributed by atoms with Crippen LogP contribution in [0.2, 0.25) is 0 Å². The third-order valence-electron chi connectivity index (χ3n) is 5.96. The molecule has 2 atom stereocenters. The van der Waals surface area contributed by atoms with Crippen molar-refractivity contribution in [3.8, 4) is 0 Å². The molecule has 2 aliphatic rings. The molecule has 4 rings (SSSR count). The minimum absolute atomic E-state index is 0.0872. The Morgan fingerprint density at radius 3 is 2.70 bits per heavy atom. The van der Waals surface area contributed by atoms with Crippen LogP contribution in [0.3, 0.4) is 0 Å². The summed E-state index contributed by atoms with van der Waals surface area (Å²) >= 11 is 0. The molecule has 30 heavy (non-hydrogen) atoms. The smallest absolute Gasteiger partial charge is 0.258 e. The van der Waals surface area contributed by atoms with Crippen molar-refractivity contribution in [2.45, 2.75) is 57.9 Å². The molecular weight excluding hydrogens is 382 g/mol. The van der Waals surface area contributed by atoms with Crippen LogP contribution in [-0.4, -0.2) is 34.4 Å². The molecule has 0 saturated carbocycles. The third-order valence-corrected chi connectivity index (χ3v) is 5.96. The first-order chi connectivity index (χ1) is 14.5. The number of anilines is 3. The van der Waals surface area contributed by atoms with Gasteiger partial charge in [0, 0.05) is 24.7 Å². The van der Waals surface area contributed by atoms with E-state index in [0.717, 1.165) is 37.8 Å². The number of benzene rings is 1. The van der Waals surface area contributed by atoms with Crippen LogP contribution >= 0.6 is 0 Å². The van der Waals surface area contributed by atoms with E-state index in [2.05, 4.69) is 39.3 Å². The molecule has 1 saturated heterocycles. The number of fused-ring (bicyclic) bond motifs is 1. The van der Waals surface area contributed by atoms with Gasteiger partial charge in [-0.3, -0.25) is 19.4 Å². The standard InChI is InChI=1S/C22H27N5O3/c1-3-14-7-9-15(10-8-14)23-20(29)16-12-17(28)24-19-18(16)21(30)26-22(25-19)27-11-5-4-6-13(27)2/h7-10,13,16H,3-6,11-12H2,1-2H3,(H,23,29)(H2,24,25,26,28,30)/t13-,16-/m1/s1. The number of aryl methyl sites for hydroxylation is 1. The number of hydrogen-bond donors (Lipinski definition) is 3. The summed E-state index contributed by atoms with van der Waals surface area (Å²) in [5, 5.41) is 5.51. The molecule has 0 bridgehead atoms. The Kier molecular flexibility index (Phi) is 5.57. The average molecular weight is 409 g/mol. The summed E-state index contributed by atoms with van der Waals surface area (Å²) in [4.78, 5) is 47.6. The first-order valence-electron chi connectivity index (χ1n) is 10.6. The zero-order valence-corrected chi connectivity index (χ0v) is 17.3. The van der Waals surface area contributed by atoms with Crippen LogP contribution in [0.1, 0.15) is 56.6 Å². The summed E-state index contributed by atoms with van der Waals surface area (Å²) in [5.41, 5.74) is 1.63. The van der Waals surface area contributed by atoms with Crippen LogP contribution in [0, 0.1) is 0 Å². The number of H-pyrrole nitrogens is 1. The SMILES string of the molecule is CCc1ccc(NC(=O)[C@@H]2CC(=O)Nc3nc(N4CCCC[C@H]4C)[nH]c(=O)c32)cc1. The molecule has 0 aliphatic carbocycles. The van der Waals surface area contributed by atoms with Gasteiger partial charge in [-0.25, -0.2) is 0 Å². The second-order valence-corrected chi connectivity index (χ2v) is 8.03. The van der Waals surface area contributed by atoms with Crippen LogP contribution in [0.5, 0.6) is 0 Å². The lowest BCUT2D eigenvalue weighted by atomic mass is 9.92. The van der Waals surface area contributed by atoms with Gasteiger partial charge in [-0.05, 0) is 50.3 Å². The van der Waals surface area contributed by atoms with Crippen LogP contribution in [0.15, 0.2) is 29.1 Å². The largest absolute Gasteiger partial charge is 0.340 e. The maximum Gasteiger partial charge on any atom is 0.258 e. The van der Waals surface area contributed by atoms with Crippen molar-refractivity contribution in [2.75, 3.05) is 22.1 Å². The van der Waals surface area contributed by atoms with Crippen molar-refractivity contribution < 1.29 is 9.59 Å². The van der Waals surface area contributed by atoms with E-state index in [1.807, 2.05) is 24.3 Å². The molecule has 8 nitrogen and oxygen atoms in total. The Labute approximate surface area is 175 Å². The lowest BCUT2D eigenvalue weighted by Crippen LogP contribution is -2.41. The van der Waals surface area contributed by atoms with Gasteiger partial charge in [0.1, 0.15) is 5.82 Å². The predicted octanol–water partition coefficient (Wildman–Crippen LogP) is 2.78. The summed E-state index contributed by atoms with van der Waals surface area (Å²) in [5.74, 6) is -0.961. The summed E-state index contributed by atoms with van der Waals surface area (Å²) in [7, 11) is 0. The molecule has 1 aromatic heterocycles. The number of nitrogens with zero attached hydrogens (tertiary/aromatic N) is 2. The fourth-order valence-electron chi connectivity index (χ4n) is 4.19. The number of rotatable bonds is 4. The highest BCUT2D eigenvalue weighted by Crippen LogP contribution is 2.31. The monoisotopic (exact) mass is 409 g/mol. The highest BCUT2D eigenvalue weighted by Gasteiger charge is 2.35. The zero-order valence-electron chi connectivity index (χ0n) is 17.3. The Hall–Kier alpha value is -3.16. The van der Waals surface area contributed by atoms with Gasteiger partial charge in [-0.1, -0.05) is 19.1 Å². The first-order valence-corrected chi connectivity index (χ1v) is 10.6. The van der Waals surface area contributed by atoms with Crippen molar-refractivity contribution in [1.29, 1.82) is 0 Å². The summed E-state index contributed by atoms with van der Waals surface area (Å²) in [6, 6.07) is 7.78. The maximum absolute atomic E-state index is 12.9. The molecule has 1 aromatic carbocycles. The van der Waals surface area contributed by atoms with Crippen LogP contribution in [0.4, 0.5) is 17.5 Å². The van der Waals surface area contributed by atoms with E-state index in [-0.39, 0.29) is 41.2 Å². The Morgan fingerprint density at radius 1 is 1.23 bits per heavy atom. The quantitative estimate of drug-likeness (QED) is 0.720. The van der Waals surface area contributed by atoms with E-state index in [9.17, 15) is 14.4 Å². The molecular formula is C22H27N5O3. The Bertz CT molecular complexity index is 1010. The van der Waals surface area contributed by atoms with Crippen molar-refractivity contribution in [2.24, 2.45) is 0 Å². The molecule has 158 valence electrons. The molecule has 2 aromatic rings. The number of nitrogens with one attached hydrogen (secondary N) is 3. The molecule has 1 fully saturated rings. The van der Waals surface area contributed by atoms with E-state index in [0.29, 0.717) is 11.6 Å². The third kappa shape index (κ3) is 3.94. The highest BCUT2D eigenvalue weighted by atomic mass is 16.2. The van der Waals surface area contributed by atoms with Gasteiger partial charge in [0.25, 0.3) is 5.56 Å². The normalized spacial score (nSPS) is 21.0. The topological polar surface area (TPSA) is 107 Å². The summed E-state index contributed by atoms with van der Waals surface area (Å²) in [6.45, 7) is 4.95. The second kappa shape index (κ2) is 8.30. The van der Waals surface area contributed by atoms with Crippen LogP contribution < -0.4 is 21.1 Å². The Morgan fingerprint density at radius 2 is 2.00 bits per heavy atom. The summed E-state index contributed by atoms with van der Waals surface area (Å²) < 4.78 is 0. The average Bonchev–Trinajstić information content (AvgIpc) is 2.73. The lowest BCUT2D eigenvalue weighted by Gasteiger charge is -2.34. The molecule has 2 aliphatic heterocycles. The fourth-order valence-corrected chi connectivity index (χ4v) is 4.19. The van der Waals surface area contributed by atoms with Crippen LogP contribution in [0.25, 0.3) is 0 Å². The maximum atomic E-state index is 12.9. The Balaban J connectivity index is 1.63. The van der Waals surface area contributed by atoms with E-state index >= 15 is 0 Å². The van der Waals surface area contributed by atoms with Gasteiger partial charge < -0.3 is 15.5 Å². The number of aromatic nitrogens is 2. The van der Waals surface area contributed by atoms with E-state index in [1.165, 1.54) is 0 Å². The lowest BCUT2D eigenvalue weighted by molar-refractivity contribution is -0.123. The van der Waals surface area contributed by atoms with Gasteiger partial charge in [-0.2, -0.15) is 4.98 Å². The number of piperidine rings is 1. The van der Waals surface area contributed by atoms with Gasteiger partial charge in [0.2, 0.25) is 17.8 Å². The first kappa shape index (κ1) is 20.1. The van der Waals surface area contributed by atoms with Gasteiger partial charge >= 0.3 is 0 Å². The van der Waals surface area contributed by atoms with Gasteiger partial charge in [0.15, 0.2) is 0 Å². The number of carbonyl (C=O) groups excluding carboxylic acids is 2. The molecule has 8 heteroatoms. The molecule has 0 unspecified atom stereocenters. The van der Waals surface area contributed by atoms with Crippen molar-refractivity contribution in [1.82, 2.24) is 9.97 Å². The van der Waals surface area contributed by atoms with E-state index in [4.69, 9.17) is 0 Å². The minimum Gasteiger partial charge on any atom is -0.340 e. The van der Waals surface area contributed by atoms with Crippen molar-refractivity contribution in [3.63, 3.8) is 0 Å². The van der Waals surface area contributed by atoms with E-state index in [1.54, 1.807) is 0 Å². The molecule has 2 amide bonds.